The SMILES string of the molecule is CC(C)C1CCCN(CC(C)(C)C2CCN(C)C2)C1. The molecule has 2 saturated heterocycles. The summed E-state index contributed by atoms with van der Waals surface area (Å²) in [5, 5.41) is 0. The second-order valence-corrected chi connectivity index (χ2v) is 8.12. The van der Waals surface area contributed by atoms with E-state index in [4.69, 9.17) is 0 Å². The molecule has 0 aromatic heterocycles. The van der Waals surface area contributed by atoms with Crippen molar-refractivity contribution in [3.05, 3.63) is 0 Å². The van der Waals surface area contributed by atoms with Crippen molar-refractivity contribution < 1.29 is 0 Å². The maximum Gasteiger partial charge on any atom is 0.00359 e. The van der Waals surface area contributed by atoms with Gasteiger partial charge in [-0.25, -0.2) is 0 Å². The summed E-state index contributed by atoms with van der Waals surface area (Å²) in [4.78, 5) is 5.26. The third-order valence-corrected chi connectivity index (χ3v) is 5.61. The van der Waals surface area contributed by atoms with Crippen LogP contribution in [-0.2, 0) is 0 Å². The van der Waals surface area contributed by atoms with Crippen molar-refractivity contribution in [1.82, 2.24) is 9.80 Å². The number of piperidine rings is 1. The Labute approximate surface area is 120 Å². The summed E-state index contributed by atoms with van der Waals surface area (Å²) < 4.78 is 0. The van der Waals surface area contributed by atoms with Crippen LogP contribution in [0.1, 0.15) is 47.0 Å². The van der Waals surface area contributed by atoms with Crippen LogP contribution in [0.4, 0.5) is 0 Å². The topological polar surface area (TPSA) is 6.48 Å². The molecule has 0 aliphatic carbocycles. The molecule has 2 aliphatic heterocycles. The fourth-order valence-corrected chi connectivity index (χ4v) is 4.06. The molecule has 0 spiro atoms. The minimum absolute atomic E-state index is 0.476. The molecule has 0 aromatic rings. The van der Waals surface area contributed by atoms with Crippen LogP contribution in [0.3, 0.4) is 0 Å². The first-order chi connectivity index (χ1) is 8.88. The molecule has 0 radical (unpaired) electrons. The second-order valence-electron chi connectivity index (χ2n) is 8.12. The minimum Gasteiger partial charge on any atom is -0.306 e. The molecule has 2 heterocycles. The highest BCUT2D eigenvalue weighted by Gasteiger charge is 2.36. The average Bonchev–Trinajstić information content (AvgIpc) is 2.76. The first-order valence-electron chi connectivity index (χ1n) is 8.29. The molecule has 2 atom stereocenters. The standard InChI is InChI=1S/C17H34N2/c1-14(2)15-7-6-9-19(11-15)13-17(3,4)16-8-10-18(5)12-16/h14-16H,6-13H2,1-5H3. The van der Waals surface area contributed by atoms with E-state index in [1.165, 1.54) is 52.0 Å². The van der Waals surface area contributed by atoms with Crippen molar-refractivity contribution in [2.75, 3.05) is 39.8 Å². The van der Waals surface area contributed by atoms with E-state index in [-0.39, 0.29) is 0 Å². The molecule has 2 rings (SSSR count). The molecule has 2 nitrogen and oxygen atoms in total. The summed E-state index contributed by atoms with van der Waals surface area (Å²) in [5.74, 6) is 2.66. The predicted molar refractivity (Wildman–Crippen MR) is 83.4 cm³/mol. The summed E-state index contributed by atoms with van der Waals surface area (Å²) in [6.45, 7) is 16.3. The van der Waals surface area contributed by atoms with Gasteiger partial charge in [0.05, 0.1) is 0 Å². The molecule has 2 aliphatic rings. The summed E-state index contributed by atoms with van der Waals surface area (Å²) in [7, 11) is 2.27. The van der Waals surface area contributed by atoms with E-state index in [9.17, 15) is 0 Å². The van der Waals surface area contributed by atoms with Crippen LogP contribution in [0, 0.1) is 23.2 Å². The monoisotopic (exact) mass is 266 g/mol. The minimum atomic E-state index is 0.476. The van der Waals surface area contributed by atoms with Gasteiger partial charge >= 0.3 is 0 Å². The Balaban J connectivity index is 1.88. The zero-order chi connectivity index (χ0) is 14.0. The van der Waals surface area contributed by atoms with Gasteiger partial charge in [0.2, 0.25) is 0 Å². The van der Waals surface area contributed by atoms with Crippen molar-refractivity contribution >= 4 is 0 Å². The van der Waals surface area contributed by atoms with Gasteiger partial charge in [0.15, 0.2) is 0 Å². The first-order valence-corrected chi connectivity index (χ1v) is 8.29. The average molecular weight is 266 g/mol. The highest BCUT2D eigenvalue weighted by molar-refractivity contribution is 4.89. The Kier molecular flexibility index (Phi) is 4.94. The summed E-state index contributed by atoms with van der Waals surface area (Å²) >= 11 is 0. The van der Waals surface area contributed by atoms with E-state index in [0.717, 1.165) is 17.8 Å². The van der Waals surface area contributed by atoms with Gasteiger partial charge in [-0.2, -0.15) is 0 Å². The summed E-state index contributed by atoms with van der Waals surface area (Å²) in [5.41, 5.74) is 0.476. The Hall–Kier alpha value is -0.0800. The highest BCUT2D eigenvalue weighted by Crippen LogP contribution is 2.36. The van der Waals surface area contributed by atoms with Crippen LogP contribution in [0.25, 0.3) is 0 Å². The van der Waals surface area contributed by atoms with E-state index in [1.54, 1.807) is 0 Å². The number of hydrogen-bond donors (Lipinski definition) is 0. The van der Waals surface area contributed by atoms with Crippen LogP contribution in [0.2, 0.25) is 0 Å². The van der Waals surface area contributed by atoms with Crippen LogP contribution in [0.5, 0.6) is 0 Å². The lowest BCUT2D eigenvalue weighted by Crippen LogP contribution is -2.45. The van der Waals surface area contributed by atoms with E-state index in [2.05, 4.69) is 44.5 Å². The summed E-state index contributed by atoms with van der Waals surface area (Å²) in [6.07, 6.45) is 4.25. The van der Waals surface area contributed by atoms with Gasteiger partial charge in [-0.1, -0.05) is 27.7 Å². The lowest BCUT2D eigenvalue weighted by atomic mass is 9.77. The smallest absolute Gasteiger partial charge is 0.00359 e. The molecule has 2 unspecified atom stereocenters. The fraction of sp³-hybridized carbons (Fsp3) is 1.00. The highest BCUT2D eigenvalue weighted by atomic mass is 15.2. The second kappa shape index (κ2) is 6.13. The Morgan fingerprint density at radius 3 is 2.42 bits per heavy atom. The van der Waals surface area contributed by atoms with E-state index >= 15 is 0 Å². The lowest BCUT2D eigenvalue weighted by molar-refractivity contribution is 0.0743. The number of likely N-dealkylation sites (tertiary alicyclic amines) is 2. The number of nitrogens with zero attached hydrogens (tertiary/aromatic N) is 2. The van der Waals surface area contributed by atoms with Crippen molar-refractivity contribution in [3.8, 4) is 0 Å². The zero-order valence-corrected chi connectivity index (χ0v) is 13.8. The van der Waals surface area contributed by atoms with Crippen LogP contribution < -0.4 is 0 Å². The van der Waals surface area contributed by atoms with Crippen molar-refractivity contribution in [2.45, 2.75) is 47.0 Å². The third kappa shape index (κ3) is 3.95. The van der Waals surface area contributed by atoms with E-state index in [1.807, 2.05) is 0 Å². The van der Waals surface area contributed by atoms with Gasteiger partial charge in [0.25, 0.3) is 0 Å². The quantitative estimate of drug-likeness (QED) is 0.770. The number of hydrogen-bond acceptors (Lipinski definition) is 2. The predicted octanol–water partition coefficient (Wildman–Crippen LogP) is 3.33. The number of rotatable bonds is 4. The van der Waals surface area contributed by atoms with Gasteiger partial charge in [0.1, 0.15) is 0 Å². The van der Waals surface area contributed by atoms with Crippen LogP contribution in [0.15, 0.2) is 0 Å². The third-order valence-electron chi connectivity index (χ3n) is 5.61. The van der Waals surface area contributed by atoms with Crippen LogP contribution in [-0.4, -0.2) is 49.6 Å². The van der Waals surface area contributed by atoms with Gasteiger partial charge in [-0.05, 0) is 62.6 Å². The van der Waals surface area contributed by atoms with Crippen molar-refractivity contribution in [2.24, 2.45) is 23.2 Å². The molecule has 2 fully saturated rings. The maximum atomic E-state index is 2.76. The van der Waals surface area contributed by atoms with Crippen LogP contribution >= 0.6 is 0 Å². The Bertz CT molecular complexity index is 285. The van der Waals surface area contributed by atoms with Gasteiger partial charge in [0, 0.05) is 19.6 Å². The largest absolute Gasteiger partial charge is 0.306 e. The Morgan fingerprint density at radius 2 is 1.84 bits per heavy atom. The van der Waals surface area contributed by atoms with E-state index < -0.39 is 0 Å². The molecular weight excluding hydrogens is 232 g/mol. The van der Waals surface area contributed by atoms with Gasteiger partial charge < -0.3 is 9.80 Å². The molecule has 0 saturated carbocycles. The molecule has 19 heavy (non-hydrogen) atoms. The maximum absolute atomic E-state index is 2.76. The molecule has 0 aromatic carbocycles. The van der Waals surface area contributed by atoms with Gasteiger partial charge in [-0.15, -0.1) is 0 Å². The van der Waals surface area contributed by atoms with Crippen molar-refractivity contribution in [3.63, 3.8) is 0 Å². The lowest BCUT2D eigenvalue weighted by Gasteiger charge is -2.41. The molecule has 0 amide bonds. The Morgan fingerprint density at radius 1 is 1.11 bits per heavy atom. The molecular formula is C17H34N2. The van der Waals surface area contributed by atoms with Gasteiger partial charge in [-0.3, -0.25) is 0 Å². The molecule has 2 heteroatoms. The molecule has 112 valence electrons. The van der Waals surface area contributed by atoms with E-state index in [0.29, 0.717) is 5.41 Å². The normalized spacial score (nSPS) is 31.3. The fourth-order valence-electron chi connectivity index (χ4n) is 4.06. The van der Waals surface area contributed by atoms with Crippen molar-refractivity contribution in [1.29, 1.82) is 0 Å². The summed E-state index contributed by atoms with van der Waals surface area (Å²) in [6, 6.07) is 0. The zero-order valence-electron chi connectivity index (χ0n) is 13.8. The first kappa shape index (κ1) is 15.3. The molecule has 0 bridgehead atoms. The molecule has 0 N–H and O–H groups in total.